The molecule has 1 aliphatic rings. The molecule has 1 fully saturated rings. The molecule has 6 heteroatoms. The van der Waals surface area contributed by atoms with Gasteiger partial charge in [0.2, 0.25) is 0 Å². The molecular weight excluding hydrogens is 328 g/mol. The van der Waals surface area contributed by atoms with Gasteiger partial charge in [0.15, 0.2) is 0 Å². The summed E-state index contributed by atoms with van der Waals surface area (Å²) in [5.41, 5.74) is 0.676. The standard InChI is InChI=1S/C18H19ClN2O3/c19-16-5-1-2-6-17(16)24-15-9-7-13(8-10-15)20-18(23)21-11-3-4-14(21)12-22/h1-2,5-10,14,22H,3-4,11-12H2,(H,20,23)/t14-/m0/s1. The Morgan fingerprint density at radius 2 is 2.00 bits per heavy atom. The number of aliphatic hydroxyl groups excluding tert-OH is 1. The van der Waals surface area contributed by atoms with Gasteiger partial charge in [-0.15, -0.1) is 0 Å². The summed E-state index contributed by atoms with van der Waals surface area (Å²) >= 11 is 6.07. The van der Waals surface area contributed by atoms with Crippen LogP contribution < -0.4 is 10.1 Å². The van der Waals surface area contributed by atoms with Crippen LogP contribution in [-0.2, 0) is 0 Å². The third kappa shape index (κ3) is 3.80. The van der Waals surface area contributed by atoms with E-state index in [0.29, 0.717) is 28.8 Å². The van der Waals surface area contributed by atoms with Crippen molar-refractivity contribution < 1.29 is 14.6 Å². The van der Waals surface area contributed by atoms with Crippen molar-refractivity contribution in [3.63, 3.8) is 0 Å². The fourth-order valence-corrected chi connectivity index (χ4v) is 2.92. The molecule has 1 saturated heterocycles. The Morgan fingerprint density at radius 3 is 2.71 bits per heavy atom. The fourth-order valence-electron chi connectivity index (χ4n) is 2.75. The van der Waals surface area contributed by atoms with Gasteiger partial charge in [0.05, 0.1) is 17.7 Å². The highest BCUT2D eigenvalue weighted by Gasteiger charge is 2.27. The lowest BCUT2D eigenvalue weighted by Gasteiger charge is -2.23. The zero-order chi connectivity index (χ0) is 16.9. The number of para-hydroxylation sites is 1. The Balaban J connectivity index is 1.62. The van der Waals surface area contributed by atoms with E-state index in [4.69, 9.17) is 16.3 Å². The molecule has 1 atom stereocenters. The first-order valence-corrected chi connectivity index (χ1v) is 8.26. The number of anilines is 1. The summed E-state index contributed by atoms with van der Waals surface area (Å²) in [7, 11) is 0. The van der Waals surface area contributed by atoms with Crippen molar-refractivity contribution >= 4 is 23.3 Å². The lowest BCUT2D eigenvalue weighted by atomic mass is 10.2. The second kappa shape index (κ2) is 7.55. The lowest BCUT2D eigenvalue weighted by molar-refractivity contribution is 0.166. The van der Waals surface area contributed by atoms with Gasteiger partial charge in [-0.05, 0) is 49.2 Å². The monoisotopic (exact) mass is 346 g/mol. The molecule has 126 valence electrons. The van der Waals surface area contributed by atoms with E-state index in [1.54, 1.807) is 41.3 Å². The predicted molar refractivity (Wildman–Crippen MR) is 93.8 cm³/mol. The summed E-state index contributed by atoms with van der Waals surface area (Å²) in [6.07, 6.45) is 1.76. The van der Waals surface area contributed by atoms with E-state index in [2.05, 4.69) is 5.32 Å². The number of carbonyl (C=O) groups excluding carboxylic acids is 1. The second-order valence-electron chi connectivity index (χ2n) is 5.66. The summed E-state index contributed by atoms with van der Waals surface area (Å²) in [6.45, 7) is 0.669. The summed E-state index contributed by atoms with van der Waals surface area (Å²) in [5.74, 6) is 1.22. The first-order chi connectivity index (χ1) is 11.7. The van der Waals surface area contributed by atoms with Crippen LogP contribution >= 0.6 is 11.6 Å². The molecule has 0 radical (unpaired) electrons. The molecule has 0 bridgehead atoms. The van der Waals surface area contributed by atoms with E-state index in [0.717, 1.165) is 12.8 Å². The van der Waals surface area contributed by atoms with E-state index in [9.17, 15) is 9.90 Å². The molecule has 24 heavy (non-hydrogen) atoms. The van der Waals surface area contributed by atoms with Crippen molar-refractivity contribution in [3.05, 3.63) is 53.6 Å². The number of halogens is 1. The quantitative estimate of drug-likeness (QED) is 0.875. The maximum atomic E-state index is 12.3. The molecule has 3 rings (SSSR count). The lowest BCUT2D eigenvalue weighted by Crippen LogP contribution is -2.40. The number of likely N-dealkylation sites (tertiary alicyclic amines) is 1. The SMILES string of the molecule is O=C(Nc1ccc(Oc2ccccc2Cl)cc1)N1CCC[C@H]1CO. The number of hydrogen-bond donors (Lipinski definition) is 2. The Morgan fingerprint density at radius 1 is 1.25 bits per heavy atom. The fraction of sp³-hybridized carbons (Fsp3) is 0.278. The molecule has 0 saturated carbocycles. The van der Waals surface area contributed by atoms with Crippen molar-refractivity contribution in [1.29, 1.82) is 0 Å². The zero-order valence-corrected chi connectivity index (χ0v) is 13.9. The van der Waals surface area contributed by atoms with E-state index in [1.165, 1.54) is 0 Å². The van der Waals surface area contributed by atoms with Gasteiger partial charge in [-0.1, -0.05) is 23.7 Å². The van der Waals surface area contributed by atoms with E-state index in [1.807, 2.05) is 12.1 Å². The molecule has 2 aromatic rings. The molecule has 1 aliphatic heterocycles. The number of amides is 2. The normalized spacial score (nSPS) is 16.9. The minimum Gasteiger partial charge on any atom is -0.456 e. The highest BCUT2D eigenvalue weighted by Crippen LogP contribution is 2.29. The molecule has 0 unspecified atom stereocenters. The van der Waals surface area contributed by atoms with Crippen LogP contribution in [0.5, 0.6) is 11.5 Å². The Kier molecular flexibility index (Phi) is 5.23. The number of carbonyl (C=O) groups is 1. The number of nitrogens with zero attached hydrogens (tertiary/aromatic N) is 1. The molecule has 2 amide bonds. The van der Waals surface area contributed by atoms with Gasteiger partial charge >= 0.3 is 6.03 Å². The van der Waals surface area contributed by atoms with Crippen molar-refractivity contribution in [2.24, 2.45) is 0 Å². The van der Waals surface area contributed by atoms with E-state index >= 15 is 0 Å². The third-order valence-corrected chi connectivity index (χ3v) is 4.33. The number of ether oxygens (including phenoxy) is 1. The minimum absolute atomic E-state index is 0.00195. The molecule has 0 aliphatic carbocycles. The molecule has 5 nitrogen and oxygen atoms in total. The molecule has 0 spiro atoms. The van der Waals surface area contributed by atoms with Gasteiger partial charge in [-0.2, -0.15) is 0 Å². The highest BCUT2D eigenvalue weighted by molar-refractivity contribution is 6.32. The van der Waals surface area contributed by atoms with Crippen LogP contribution in [0.25, 0.3) is 0 Å². The summed E-state index contributed by atoms with van der Waals surface area (Å²) in [6, 6.07) is 14.1. The zero-order valence-electron chi connectivity index (χ0n) is 13.1. The molecule has 0 aromatic heterocycles. The molecule has 2 aromatic carbocycles. The highest BCUT2D eigenvalue weighted by atomic mass is 35.5. The van der Waals surface area contributed by atoms with E-state index in [-0.39, 0.29) is 18.7 Å². The van der Waals surface area contributed by atoms with Crippen LogP contribution in [0.4, 0.5) is 10.5 Å². The average Bonchev–Trinajstić information content (AvgIpc) is 3.07. The van der Waals surface area contributed by atoms with Crippen molar-refractivity contribution in [2.75, 3.05) is 18.5 Å². The van der Waals surface area contributed by atoms with Crippen LogP contribution in [0.1, 0.15) is 12.8 Å². The van der Waals surface area contributed by atoms with Crippen LogP contribution in [0.3, 0.4) is 0 Å². The second-order valence-corrected chi connectivity index (χ2v) is 6.07. The first-order valence-electron chi connectivity index (χ1n) is 7.88. The first kappa shape index (κ1) is 16.6. The summed E-state index contributed by atoms with van der Waals surface area (Å²) < 4.78 is 5.72. The third-order valence-electron chi connectivity index (χ3n) is 4.02. The number of nitrogens with one attached hydrogen (secondary N) is 1. The Labute approximate surface area is 145 Å². The van der Waals surface area contributed by atoms with Crippen molar-refractivity contribution in [3.8, 4) is 11.5 Å². The average molecular weight is 347 g/mol. The van der Waals surface area contributed by atoms with Crippen molar-refractivity contribution in [2.45, 2.75) is 18.9 Å². The predicted octanol–water partition coefficient (Wildman–Crippen LogP) is 4.12. The van der Waals surface area contributed by atoms with Crippen LogP contribution in [0.15, 0.2) is 48.5 Å². The topological polar surface area (TPSA) is 61.8 Å². The number of urea groups is 1. The van der Waals surface area contributed by atoms with Gasteiger partial charge in [0.1, 0.15) is 11.5 Å². The van der Waals surface area contributed by atoms with E-state index < -0.39 is 0 Å². The maximum absolute atomic E-state index is 12.3. The molecule has 2 N–H and O–H groups in total. The summed E-state index contributed by atoms with van der Waals surface area (Å²) in [4.78, 5) is 13.9. The van der Waals surface area contributed by atoms with Gasteiger partial charge < -0.3 is 20.1 Å². The van der Waals surface area contributed by atoms with Gasteiger partial charge in [0.25, 0.3) is 0 Å². The Hall–Kier alpha value is -2.24. The number of rotatable bonds is 4. The Bertz CT molecular complexity index is 706. The number of aliphatic hydroxyl groups is 1. The largest absolute Gasteiger partial charge is 0.456 e. The smallest absolute Gasteiger partial charge is 0.322 e. The van der Waals surface area contributed by atoms with Gasteiger partial charge in [-0.3, -0.25) is 0 Å². The van der Waals surface area contributed by atoms with Crippen LogP contribution in [0.2, 0.25) is 5.02 Å². The minimum atomic E-state index is -0.189. The number of hydrogen-bond acceptors (Lipinski definition) is 3. The molecule has 1 heterocycles. The van der Waals surface area contributed by atoms with Gasteiger partial charge in [-0.25, -0.2) is 4.79 Å². The maximum Gasteiger partial charge on any atom is 0.322 e. The summed E-state index contributed by atoms with van der Waals surface area (Å²) in [5, 5.41) is 12.7. The van der Waals surface area contributed by atoms with Gasteiger partial charge in [0, 0.05) is 12.2 Å². The number of benzene rings is 2. The van der Waals surface area contributed by atoms with Crippen LogP contribution in [-0.4, -0.2) is 35.2 Å². The molecular formula is C18H19ClN2O3. The van der Waals surface area contributed by atoms with Crippen LogP contribution in [0, 0.1) is 0 Å². The van der Waals surface area contributed by atoms with Crippen molar-refractivity contribution in [1.82, 2.24) is 4.90 Å².